The zero-order valence-electron chi connectivity index (χ0n) is 11.7. The number of rotatable bonds is 3. The summed E-state index contributed by atoms with van der Waals surface area (Å²) in [6.45, 7) is 1.63. The normalized spacial score (nSPS) is 18.0. The second-order valence-corrected chi connectivity index (χ2v) is 6.02. The Hall–Kier alpha value is -2.48. The van der Waals surface area contributed by atoms with Crippen LogP contribution < -0.4 is 10.2 Å². The van der Waals surface area contributed by atoms with Crippen molar-refractivity contribution < 1.29 is 4.79 Å². The third-order valence-electron chi connectivity index (χ3n) is 3.78. The first kappa shape index (κ1) is 13.2. The molecular formula is C14H14N6OS. The smallest absolute Gasteiger partial charge is 0.252 e. The van der Waals surface area contributed by atoms with Gasteiger partial charge in [-0.05, 0) is 30.0 Å². The Bertz CT molecular complexity index is 799. The number of fused-ring (bicyclic) bond motifs is 1. The zero-order valence-corrected chi connectivity index (χ0v) is 12.5. The van der Waals surface area contributed by atoms with Crippen molar-refractivity contribution in [1.29, 1.82) is 0 Å². The van der Waals surface area contributed by atoms with E-state index < -0.39 is 0 Å². The van der Waals surface area contributed by atoms with Gasteiger partial charge in [0.2, 0.25) is 0 Å². The fourth-order valence-electron chi connectivity index (χ4n) is 2.64. The van der Waals surface area contributed by atoms with Gasteiger partial charge in [-0.25, -0.2) is 0 Å². The summed E-state index contributed by atoms with van der Waals surface area (Å²) in [5, 5.41) is 19.1. The molecule has 1 amide bonds. The Balaban J connectivity index is 1.44. The Morgan fingerprint density at radius 3 is 3.18 bits per heavy atom. The summed E-state index contributed by atoms with van der Waals surface area (Å²) in [7, 11) is 0. The molecule has 3 aromatic rings. The van der Waals surface area contributed by atoms with Crippen molar-refractivity contribution >= 4 is 28.7 Å². The van der Waals surface area contributed by atoms with Gasteiger partial charge in [0.1, 0.15) is 12.1 Å². The van der Waals surface area contributed by atoms with Crippen LogP contribution in [-0.2, 0) is 0 Å². The molecule has 1 N–H and O–H groups in total. The first-order valence-corrected chi connectivity index (χ1v) is 7.99. The maximum absolute atomic E-state index is 12.1. The monoisotopic (exact) mass is 314 g/mol. The molecular weight excluding hydrogens is 300 g/mol. The number of anilines is 1. The highest BCUT2D eigenvalue weighted by atomic mass is 32.1. The van der Waals surface area contributed by atoms with Gasteiger partial charge in [-0.15, -0.1) is 15.3 Å². The number of carbonyl (C=O) groups excluding carboxylic acids is 1. The van der Waals surface area contributed by atoms with E-state index >= 15 is 0 Å². The maximum Gasteiger partial charge on any atom is 0.252 e. The third kappa shape index (κ3) is 2.41. The SMILES string of the molecule is O=C(NC1CCN(c2ccc3nncn3n2)C1)c1ccsc1. The van der Waals surface area contributed by atoms with Crippen LogP contribution >= 0.6 is 11.3 Å². The van der Waals surface area contributed by atoms with Gasteiger partial charge in [-0.3, -0.25) is 4.79 Å². The van der Waals surface area contributed by atoms with Crippen LogP contribution in [-0.4, -0.2) is 44.8 Å². The molecule has 0 aliphatic carbocycles. The van der Waals surface area contributed by atoms with Crippen molar-refractivity contribution in [3.8, 4) is 0 Å². The van der Waals surface area contributed by atoms with Crippen molar-refractivity contribution in [1.82, 2.24) is 25.1 Å². The number of nitrogens with zero attached hydrogens (tertiary/aromatic N) is 5. The second kappa shape index (κ2) is 5.38. The van der Waals surface area contributed by atoms with Crippen LogP contribution in [0.25, 0.3) is 5.65 Å². The van der Waals surface area contributed by atoms with Gasteiger partial charge in [-0.2, -0.15) is 15.9 Å². The topological polar surface area (TPSA) is 75.4 Å². The van der Waals surface area contributed by atoms with Gasteiger partial charge in [0.25, 0.3) is 5.91 Å². The molecule has 1 atom stereocenters. The van der Waals surface area contributed by atoms with E-state index in [1.54, 1.807) is 10.8 Å². The van der Waals surface area contributed by atoms with E-state index in [1.165, 1.54) is 11.3 Å². The lowest BCUT2D eigenvalue weighted by atomic mass is 10.2. The van der Waals surface area contributed by atoms with Crippen LogP contribution in [0.15, 0.2) is 35.3 Å². The maximum atomic E-state index is 12.1. The largest absolute Gasteiger partial charge is 0.353 e. The molecule has 0 saturated carbocycles. The quantitative estimate of drug-likeness (QED) is 0.786. The van der Waals surface area contributed by atoms with Crippen molar-refractivity contribution in [2.75, 3.05) is 18.0 Å². The summed E-state index contributed by atoms with van der Waals surface area (Å²) >= 11 is 1.53. The number of aromatic nitrogens is 4. The molecule has 0 radical (unpaired) electrons. The van der Waals surface area contributed by atoms with Crippen LogP contribution in [0.3, 0.4) is 0 Å². The van der Waals surface area contributed by atoms with Crippen LogP contribution in [0.5, 0.6) is 0 Å². The Labute approximate surface area is 130 Å². The average Bonchev–Trinajstić information content (AvgIpc) is 3.27. The van der Waals surface area contributed by atoms with Crippen LogP contribution in [0.2, 0.25) is 0 Å². The summed E-state index contributed by atoms with van der Waals surface area (Å²) in [6.07, 6.45) is 2.50. The van der Waals surface area contributed by atoms with Crippen molar-refractivity contribution in [3.63, 3.8) is 0 Å². The van der Waals surface area contributed by atoms with E-state index in [2.05, 4.69) is 25.5 Å². The molecule has 22 heavy (non-hydrogen) atoms. The van der Waals surface area contributed by atoms with Crippen molar-refractivity contribution in [2.45, 2.75) is 12.5 Å². The minimum Gasteiger partial charge on any atom is -0.353 e. The van der Waals surface area contributed by atoms with E-state index in [-0.39, 0.29) is 11.9 Å². The molecule has 3 aromatic heterocycles. The standard InChI is InChI=1S/C14H14N6OS/c21-14(10-4-6-22-8-10)16-11-3-5-19(7-11)13-2-1-12-17-15-9-20(12)18-13/h1-2,4,6,8-9,11H,3,5,7H2,(H,16,21). The lowest BCUT2D eigenvalue weighted by Gasteiger charge is -2.17. The van der Waals surface area contributed by atoms with Gasteiger partial charge in [0.15, 0.2) is 5.65 Å². The molecule has 1 unspecified atom stereocenters. The molecule has 0 spiro atoms. The van der Waals surface area contributed by atoms with E-state index in [1.807, 2.05) is 29.0 Å². The van der Waals surface area contributed by atoms with E-state index in [0.717, 1.165) is 36.5 Å². The van der Waals surface area contributed by atoms with Gasteiger partial charge in [-0.1, -0.05) is 0 Å². The summed E-state index contributed by atoms with van der Waals surface area (Å²) in [5.74, 6) is 0.870. The average molecular weight is 314 g/mol. The first-order chi connectivity index (χ1) is 10.8. The number of thiophene rings is 1. The third-order valence-corrected chi connectivity index (χ3v) is 4.46. The molecule has 1 aliphatic rings. The fraction of sp³-hybridized carbons (Fsp3) is 0.286. The zero-order chi connectivity index (χ0) is 14.9. The summed E-state index contributed by atoms with van der Waals surface area (Å²) < 4.78 is 1.66. The molecule has 4 rings (SSSR count). The molecule has 1 saturated heterocycles. The highest BCUT2D eigenvalue weighted by Gasteiger charge is 2.25. The first-order valence-electron chi connectivity index (χ1n) is 7.05. The predicted octanol–water partition coefficient (Wildman–Crippen LogP) is 1.19. The lowest BCUT2D eigenvalue weighted by molar-refractivity contribution is 0.0941. The van der Waals surface area contributed by atoms with Gasteiger partial charge in [0, 0.05) is 30.1 Å². The molecule has 7 nitrogen and oxygen atoms in total. The van der Waals surface area contributed by atoms with Crippen molar-refractivity contribution in [2.24, 2.45) is 0 Å². The minimum atomic E-state index is -0.00433. The van der Waals surface area contributed by atoms with E-state index in [0.29, 0.717) is 0 Å². The van der Waals surface area contributed by atoms with Crippen LogP contribution in [0.4, 0.5) is 5.82 Å². The summed E-state index contributed by atoms with van der Waals surface area (Å²) in [4.78, 5) is 14.3. The molecule has 4 heterocycles. The number of carbonyl (C=O) groups is 1. The van der Waals surface area contributed by atoms with Crippen LogP contribution in [0, 0.1) is 0 Å². The van der Waals surface area contributed by atoms with Gasteiger partial charge in [0.05, 0.1) is 0 Å². The van der Waals surface area contributed by atoms with Gasteiger partial charge < -0.3 is 10.2 Å². The molecule has 0 aromatic carbocycles. The van der Waals surface area contributed by atoms with Crippen molar-refractivity contribution in [3.05, 3.63) is 40.8 Å². The Morgan fingerprint density at radius 2 is 2.32 bits per heavy atom. The second-order valence-electron chi connectivity index (χ2n) is 5.24. The molecule has 1 aliphatic heterocycles. The summed E-state index contributed by atoms with van der Waals surface area (Å²) in [6, 6.07) is 5.82. The van der Waals surface area contributed by atoms with E-state index in [9.17, 15) is 4.79 Å². The number of hydrogen-bond acceptors (Lipinski definition) is 6. The number of nitrogens with one attached hydrogen (secondary N) is 1. The number of hydrogen-bond donors (Lipinski definition) is 1. The Morgan fingerprint density at radius 1 is 1.36 bits per heavy atom. The summed E-state index contributed by atoms with van der Waals surface area (Å²) in [5.41, 5.74) is 1.46. The molecule has 1 fully saturated rings. The highest BCUT2D eigenvalue weighted by Crippen LogP contribution is 2.18. The van der Waals surface area contributed by atoms with E-state index in [4.69, 9.17) is 0 Å². The predicted molar refractivity (Wildman–Crippen MR) is 83.2 cm³/mol. The van der Waals surface area contributed by atoms with Gasteiger partial charge >= 0.3 is 0 Å². The molecule has 8 heteroatoms. The highest BCUT2D eigenvalue weighted by molar-refractivity contribution is 7.08. The number of amides is 1. The minimum absolute atomic E-state index is 0.00433. The lowest BCUT2D eigenvalue weighted by Crippen LogP contribution is -2.37. The fourth-order valence-corrected chi connectivity index (χ4v) is 3.27. The Kier molecular flexibility index (Phi) is 3.23. The molecule has 112 valence electrons. The molecule has 0 bridgehead atoms. The van der Waals surface area contributed by atoms with Crippen LogP contribution in [0.1, 0.15) is 16.8 Å².